The molecule has 7 nitrogen and oxygen atoms in total. The fraction of sp³-hybridized carbons (Fsp3) is 0.455. The number of fused-ring (bicyclic) bond motifs is 1. The van der Waals surface area contributed by atoms with Crippen LogP contribution in [-0.2, 0) is 27.1 Å². The van der Waals surface area contributed by atoms with Crippen LogP contribution >= 0.6 is 0 Å². The number of pyridine rings is 2. The minimum atomic E-state index is -5.11. The quantitative estimate of drug-likeness (QED) is 0.524. The van der Waals surface area contributed by atoms with Crippen molar-refractivity contribution < 1.29 is 32.3 Å². The van der Waals surface area contributed by atoms with E-state index in [-0.39, 0.29) is 24.6 Å². The highest BCUT2D eigenvalue weighted by molar-refractivity contribution is 6.25. The lowest BCUT2D eigenvalue weighted by Crippen LogP contribution is -2.36. The van der Waals surface area contributed by atoms with Gasteiger partial charge in [-0.05, 0) is 18.6 Å². The minimum absolute atomic E-state index is 0.00151. The summed E-state index contributed by atoms with van der Waals surface area (Å²) in [5.41, 5.74) is -4.52. The van der Waals surface area contributed by atoms with Gasteiger partial charge in [0.15, 0.2) is 28.8 Å². The Morgan fingerprint density at radius 3 is 2.19 bits per heavy atom. The molecule has 0 spiro atoms. The molecular weight excluding hydrogens is 429 g/mol. The minimum Gasteiger partial charge on any atom is -0.298 e. The van der Waals surface area contributed by atoms with Gasteiger partial charge >= 0.3 is 6.18 Å². The summed E-state index contributed by atoms with van der Waals surface area (Å²) < 4.78 is 42.4. The molecule has 1 saturated carbocycles. The molecule has 1 aliphatic rings. The Morgan fingerprint density at radius 2 is 1.66 bits per heavy atom. The average Bonchev–Trinajstić information content (AvgIpc) is 2.67. The monoisotopic (exact) mass is 450 g/mol. The van der Waals surface area contributed by atoms with Gasteiger partial charge in [0, 0.05) is 29.7 Å². The maximum absolute atomic E-state index is 13.8. The molecule has 2 heterocycles. The van der Waals surface area contributed by atoms with E-state index in [4.69, 9.17) is 0 Å². The third kappa shape index (κ3) is 4.39. The Hall–Kier alpha value is -3.17. The van der Waals surface area contributed by atoms with E-state index in [9.17, 15) is 37.1 Å². The van der Waals surface area contributed by atoms with Crippen LogP contribution in [0.1, 0.15) is 56.1 Å². The molecule has 0 radical (unpaired) electrons. The number of halogens is 3. The van der Waals surface area contributed by atoms with Gasteiger partial charge in [0.25, 0.3) is 5.56 Å². The van der Waals surface area contributed by atoms with Gasteiger partial charge in [-0.3, -0.25) is 28.5 Å². The van der Waals surface area contributed by atoms with Crippen molar-refractivity contribution in [3.63, 3.8) is 0 Å². The fourth-order valence-corrected chi connectivity index (χ4v) is 3.50. The summed E-state index contributed by atoms with van der Waals surface area (Å²) in [6, 6.07) is 3.11. The van der Waals surface area contributed by atoms with Crippen LogP contribution in [-0.4, -0.2) is 32.7 Å². The Kier molecular flexibility index (Phi) is 5.92. The van der Waals surface area contributed by atoms with Gasteiger partial charge in [-0.1, -0.05) is 20.8 Å². The lowest BCUT2D eigenvalue weighted by molar-refractivity contribution is -0.142. The first-order valence-corrected chi connectivity index (χ1v) is 9.96. The third-order valence-corrected chi connectivity index (χ3v) is 5.38. The van der Waals surface area contributed by atoms with Crippen LogP contribution < -0.4 is 5.56 Å². The Morgan fingerprint density at radius 1 is 1.06 bits per heavy atom. The molecule has 1 fully saturated rings. The van der Waals surface area contributed by atoms with Crippen LogP contribution in [0.5, 0.6) is 0 Å². The van der Waals surface area contributed by atoms with E-state index >= 15 is 0 Å². The highest BCUT2D eigenvalue weighted by Crippen LogP contribution is 2.34. The number of nitrogens with zero attached hydrogens (tertiary/aromatic N) is 2. The standard InChI is InChI=1S/C22H21F3N2O5/c1-21(2,3)15(30)10-27-16(31)8-7-11-9-12(19(22(23,24)25)26-20(11)27)18(32)17-13(28)5-4-6-14(17)29/h7-9,17H,4-6,10H2,1-3H3. The van der Waals surface area contributed by atoms with Crippen LogP contribution in [0.4, 0.5) is 13.2 Å². The first-order valence-electron chi connectivity index (χ1n) is 9.96. The summed E-state index contributed by atoms with van der Waals surface area (Å²) in [5, 5.41) is -0.00151. The molecule has 0 bridgehead atoms. The number of ketones is 4. The molecule has 10 heteroatoms. The zero-order valence-electron chi connectivity index (χ0n) is 17.7. The van der Waals surface area contributed by atoms with Crippen LogP contribution in [0.3, 0.4) is 0 Å². The Balaban J connectivity index is 2.24. The van der Waals surface area contributed by atoms with Crippen LogP contribution in [0.25, 0.3) is 11.0 Å². The lowest BCUT2D eigenvalue weighted by Gasteiger charge is -2.21. The summed E-state index contributed by atoms with van der Waals surface area (Å²) in [7, 11) is 0. The Bertz CT molecular complexity index is 1190. The van der Waals surface area contributed by atoms with E-state index in [1.165, 1.54) is 6.07 Å². The van der Waals surface area contributed by atoms with Crippen LogP contribution in [0, 0.1) is 11.3 Å². The summed E-state index contributed by atoms with van der Waals surface area (Å²) in [5.74, 6) is -4.90. The van der Waals surface area contributed by atoms with Crippen molar-refractivity contribution in [3.05, 3.63) is 39.8 Å². The number of rotatable bonds is 4. The number of carbonyl (C=O) groups is 4. The van der Waals surface area contributed by atoms with Crippen molar-refractivity contribution >= 4 is 34.2 Å². The molecule has 0 atom stereocenters. The van der Waals surface area contributed by atoms with Gasteiger partial charge < -0.3 is 0 Å². The van der Waals surface area contributed by atoms with Crippen LogP contribution in [0.15, 0.2) is 23.0 Å². The van der Waals surface area contributed by atoms with E-state index in [1.807, 2.05) is 0 Å². The van der Waals surface area contributed by atoms with Crippen LogP contribution in [0.2, 0.25) is 0 Å². The summed E-state index contributed by atoms with van der Waals surface area (Å²) in [6.45, 7) is 4.32. The zero-order chi connectivity index (χ0) is 24.0. The van der Waals surface area contributed by atoms with Crippen molar-refractivity contribution in [2.45, 2.75) is 52.8 Å². The van der Waals surface area contributed by atoms with Crippen molar-refractivity contribution in [1.29, 1.82) is 0 Å². The number of carbonyl (C=O) groups excluding carboxylic acids is 4. The molecule has 170 valence electrons. The average molecular weight is 450 g/mol. The van der Waals surface area contributed by atoms with E-state index in [1.54, 1.807) is 20.8 Å². The molecule has 0 amide bonds. The predicted molar refractivity (Wildman–Crippen MR) is 107 cm³/mol. The number of aromatic nitrogens is 2. The molecular formula is C22H21F3N2O5. The van der Waals surface area contributed by atoms with Crippen molar-refractivity contribution in [1.82, 2.24) is 9.55 Å². The largest absolute Gasteiger partial charge is 0.434 e. The molecule has 2 aromatic rings. The topological polar surface area (TPSA) is 103 Å². The molecule has 32 heavy (non-hydrogen) atoms. The number of Topliss-reactive ketones (excluding diaryl/α,β-unsaturated/α-hetero) is 4. The SMILES string of the molecule is CC(C)(C)C(=O)Cn1c(=O)ccc2cc(C(=O)C3C(=O)CCCC3=O)c(C(F)(F)F)nc21. The smallest absolute Gasteiger partial charge is 0.298 e. The highest BCUT2D eigenvalue weighted by Gasteiger charge is 2.43. The number of alkyl halides is 3. The number of hydrogen-bond donors (Lipinski definition) is 0. The molecule has 0 saturated heterocycles. The lowest BCUT2D eigenvalue weighted by atomic mass is 9.81. The molecule has 0 aromatic carbocycles. The third-order valence-electron chi connectivity index (χ3n) is 5.38. The van der Waals surface area contributed by atoms with E-state index in [0.717, 1.165) is 16.7 Å². The molecule has 1 aliphatic carbocycles. The van der Waals surface area contributed by atoms with Gasteiger partial charge in [0.2, 0.25) is 0 Å². The van der Waals surface area contributed by atoms with Gasteiger partial charge in [0.1, 0.15) is 11.6 Å². The first-order chi connectivity index (χ1) is 14.7. The van der Waals surface area contributed by atoms with Gasteiger partial charge in [-0.25, -0.2) is 4.98 Å². The number of hydrogen-bond acceptors (Lipinski definition) is 6. The maximum atomic E-state index is 13.8. The van der Waals surface area contributed by atoms with E-state index < -0.39 is 69.7 Å². The zero-order valence-corrected chi connectivity index (χ0v) is 17.7. The van der Waals surface area contributed by atoms with Crippen molar-refractivity contribution in [2.24, 2.45) is 11.3 Å². The second-order valence-corrected chi connectivity index (χ2v) is 8.81. The molecule has 0 N–H and O–H groups in total. The fourth-order valence-electron chi connectivity index (χ4n) is 3.50. The van der Waals surface area contributed by atoms with Gasteiger partial charge in [0.05, 0.1) is 12.1 Å². The van der Waals surface area contributed by atoms with E-state index in [0.29, 0.717) is 0 Å². The summed E-state index contributed by atoms with van der Waals surface area (Å²) >= 11 is 0. The maximum Gasteiger partial charge on any atom is 0.434 e. The van der Waals surface area contributed by atoms with Gasteiger partial charge in [-0.15, -0.1) is 0 Å². The first kappa shape index (κ1) is 23.5. The van der Waals surface area contributed by atoms with Crippen molar-refractivity contribution in [2.75, 3.05) is 0 Å². The molecule has 3 rings (SSSR count). The predicted octanol–water partition coefficient (Wildman–Crippen LogP) is 3.15. The summed E-state index contributed by atoms with van der Waals surface area (Å²) in [4.78, 5) is 65.5. The van der Waals surface area contributed by atoms with Crippen molar-refractivity contribution in [3.8, 4) is 0 Å². The molecule has 0 aliphatic heterocycles. The Labute approximate surface area is 180 Å². The van der Waals surface area contributed by atoms with Gasteiger partial charge in [-0.2, -0.15) is 13.2 Å². The normalized spacial score (nSPS) is 15.9. The second kappa shape index (κ2) is 8.07. The van der Waals surface area contributed by atoms with E-state index in [2.05, 4.69) is 4.98 Å². The molecule has 0 unspecified atom stereocenters. The second-order valence-electron chi connectivity index (χ2n) is 8.81. The highest BCUT2D eigenvalue weighted by atomic mass is 19.4. The summed E-state index contributed by atoms with van der Waals surface area (Å²) in [6.07, 6.45) is -5.00. The molecule has 2 aromatic heterocycles.